The quantitative estimate of drug-likeness (QED) is 0.810. The molecule has 0 saturated carbocycles. The maximum Gasteiger partial charge on any atom is 0.244 e. The number of methoxy groups -OCH3 is 1. The molecule has 0 aromatic heterocycles. The van der Waals surface area contributed by atoms with Crippen molar-refractivity contribution in [2.24, 2.45) is 5.41 Å². The SMILES string of the molecule is COc1cc(C)c(C(C)C)cc1S(=O)(=O)NC(C)(C)CC(C)(C)C. The van der Waals surface area contributed by atoms with Crippen LogP contribution in [0.3, 0.4) is 0 Å². The lowest BCUT2D eigenvalue weighted by Gasteiger charge is -2.33. The molecule has 1 aromatic carbocycles. The van der Waals surface area contributed by atoms with Crippen molar-refractivity contribution in [1.82, 2.24) is 4.72 Å². The van der Waals surface area contributed by atoms with Gasteiger partial charge >= 0.3 is 0 Å². The summed E-state index contributed by atoms with van der Waals surface area (Å²) in [6.07, 6.45) is 0.727. The topological polar surface area (TPSA) is 55.4 Å². The summed E-state index contributed by atoms with van der Waals surface area (Å²) in [5.74, 6) is 0.628. The fourth-order valence-electron chi connectivity index (χ4n) is 3.45. The van der Waals surface area contributed by atoms with Crippen molar-refractivity contribution >= 4 is 10.0 Å². The molecule has 1 rings (SSSR count). The van der Waals surface area contributed by atoms with Crippen LogP contribution >= 0.6 is 0 Å². The lowest BCUT2D eigenvalue weighted by Crippen LogP contribution is -2.45. The van der Waals surface area contributed by atoms with Gasteiger partial charge in [0.2, 0.25) is 10.0 Å². The Balaban J connectivity index is 3.34. The zero-order valence-electron chi connectivity index (χ0n) is 16.6. The molecule has 0 atom stereocenters. The molecule has 0 radical (unpaired) electrons. The van der Waals surface area contributed by atoms with E-state index in [1.165, 1.54) is 7.11 Å². The molecule has 0 fully saturated rings. The Bertz CT molecular complexity index is 683. The first-order valence-corrected chi connectivity index (χ1v) is 9.89. The van der Waals surface area contributed by atoms with Crippen molar-refractivity contribution in [2.75, 3.05) is 7.11 Å². The van der Waals surface area contributed by atoms with E-state index in [1.807, 2.05) is 20.8 Å². The van der Waals surface area contributed by atoms with Gasteiger partial charge in [0, 0.05) is 5.54 Å². The Hall–Kier alpha value is -1.07. The maximum atomic E-state index is 13.0. The van der Waals surface area contributed by atoms with Crippen molar-refractivity contribution in [3.05, 3.63) is 23.3 Å². The number of rotatable bonds is 6. The van der Waals surface area contributed by atoms with Gasteiger partial charge < -0.3 is 4.74 Å². The minimum absolute atomic E-state index is 0.0203. The number of sulfonamides is 1. The Morgan fingerprint density at radius 3 is 2.08 bits per heavy atom. The standard InChI is InChI=1S/C19H33NO3S/c1-13(2)15-11-17(16(23-9)10-14(15)3)24(21,22)20-19(7,8)12-18(4,5)6/h10-11,13,20H,12H2,1-9H3. The average molecular weight is 356 g/mol. The third-order valence-electron chi connectivity index (χ3n) is 3.85. The largest absolute Gasteiger partial charge is 0.495 e. The maximum absolute atomic E-state index is 13.0. The highest BCUT2D eigenvalue weighted by atomic mass is 32.2. The van der Waals surface area contributed by atoms with Crippen molar-refractivity contribution in [3.63, 3.8) is 0 Å². The summed E-state index contributed by atoms with van der Waals surface area (Å²) in [5, 5.41) is 0. The summed E-state index contributed by atoms with van der Waals surface area (Å²) in [7, 11) is -2.18. The lowest BCUT2D eigenvalue weighted by molar-refractivity contribution is 0.269. The van der Waals surface area contributed by atoms with E-state index in [0.29, 0.717) is 5.75 Å². The molecule has 0 aliphatic carbocycles. The summed E-state index contributed by atoms with van der Waals surface area (Å²) in [6.45, 7) is 16.2. The summed E-state index contributed by atoms with van der Waals surface area (Å²) in [6, 6.07) is 3.55. The Kier molecular flexibility index (Phi) is 6.16. The zero-order chi connectivity index (χ0) is 18.9. The van der Waals surface area contributed by atoms with Crippen LogP contribution in [-0.2, 0) is 10.0 Å². The van der Waals surface area contributed by atoms with E-state index in [4.69, 9.17) is 4.74 Å². The first-order valence-electron chi connectivity index (χ1n) is 8.41. The summed E-state index contributed by atoms with van der Waals surface area (Å²) in [4.78, 5) is 0.210. The molecule has 0 saturated heterocycles. The van der Waals surface area contributed by atoms with Crippen LogP contribution in [0.4, 0.5) is 0 Å². The number of hydrogen-bond acceptors (Lipinski definition) is 3. The Morgan fingerprint density at radius 2 is 1.67 bits per heavy atom. The first kappa shape index (κ1) is 21.0. The highest BCUT2D eigenvalue weighted by molar-refractivity contribution is 7.89. The van der Waals surface area contributed by atoms with Crippen LogP contribution in [0.2, 0.25) is 0 Å². The van der Waals surface area contributed by atoms with Gasteiger partial charge in [-0.05, 0) is 61.8 Å². The first-order chi connectivity index (χ1) is 10.7. The number of ether oxygens (including phenoxy) is 1. The monoisotopic (exact) mass is 355 g/mol. The van der Waals surface area contributed by atoms with Gasteiger partial charge in [-0.3, -0.25) is 0 Å². The fraction of sp³-hybridized carbons (Fsp3) is 0.684. The van der Waals surface area contributed by atoms with Crippen LogP contribution in [0.15, 0.2) is 17.0 Å². The highest BCUT2D eigenvalue weighted by Crippen LogP contribution is 2.33. The molecule has 1 aromatic rings. The van der Waals surface area contributed by atoms with Crippen LogP contribution in [0.25, 0.3) is 0 Å². The average Bonchev–Trinajstić information content (AvgIpc) is 2.32. The summed E-state index contributed by atoms with van der Waals surface area (Å²) < 4.78 is 34.2. The number of nitrogens with one attached hydrogen (secondary N) is 1. The molecule has 4 nitrogen and oxygen atoms in total. The van der Waals surface area contributed by atoms with Crippen molar-refractivity contribution < 1.29 is 13.2 Å². The smallest absolute Gasteiger partial charge is 0.244 e. The van der Waals surface area contributed by atoms with Crippen molar-refractivity contribution in [1.29, 1.82) is 0 Å². The Labute approximate surface area is 148 Å². The summed E-state index contributed by atoms with van der Waals surface area (Å²) >= 11 is 0. The van der Waals surface area contributed by atoms with E-state index in [-0.39, 0.29) is 16.2 Å². The zero-order valence-corrected chi connectivity index (χ0v) is 17.4. The molecule has 0 heterocycles. The van der Waals surface area contributed by atoms with Gasteiger partial charge in [-0.25, -0.2) is 13.1 Å². The number of hydrogen-bond donors (Lipinski definition) is 1. The minimum atomic E-state index is -3.68. The second-order valence-corrected chi connectivity index (χ2v) is 10.4. The highest BCUT2D eigenvalue weighted by Gasteiger charge is 2.32. The molecule has 0 spiro atoms. The number of benzene rings is 1. The van der Waals surface area contributed by atoms with Gasteiger partial charge in [0.1, 0.15) is 10.6 Å². The van der Waals surface area contributed by atoms with Gasteiger partial charge in [0.25, 0.3) is 0 Å². The molecule has 138 valence electrons. The normalized spacial score (nSPS) is 13.4. The molecular weight excluding hydrogens is 322 g/mol. The van der Waals surface area contributed by atoms with Gasteiger partial charge in [-0.2, -0.15) is 0 Å². The van der Waals surface area contributed by atoms with Crippen LogP contribution in [0.5, 0.6) is 5.75 Å². The van der Waals surface area contributed by atoms with Crippen LogP contribution in [0, 0.1) is 12.3 Å². The third-order valence-corrected chi connectivity index (χ3v) is 5.57. The molecule has 0 unspecified atom stereocenters. The van der Waals surface area contributed by atoms with Gasteiger partial charge in [0.15, 0.2) is 0 Å². The number of aryl methyl sites for hydroxylation is 1. The molecule has 1 N–H and O–H groups in total. The minimum Gasteiger partial charge on any atom is -0.495 e. The van der Waals surface area contributed by atoms with E-state index in [9.17, 15) is 8.42 Å². The lowest BCUT2D eigenvalue weighted by atomic mass is 9.82. The second-order valence-electron chi connectivity index (χ2n) is 8.74. The van der Waals surface area contributed by atoms with Gasteiger partial charge in [-0.15, -0.1) is 0 Å². The van der Waals surface area contributed by atoms with Crippen LogP contribution in [0.1, 0.15) is 71.9 Å². The van der Waals surface area contributed by atoms with Crippen LogP contribution in [-0.4, -0.2) is 21.1 Å². The van der Waals surface area contributed by atoms with Gasteiger partial charge in [0.05, 0.1) is 7.11 Å². The van der Waals surface area contributed by atoms with E-state index in [2.05, 4.69) is 39.3 Å². The predicted octanol–water partition coefficient (Wildman–Crippen LogP) is 4.62. The van der Waals surface area contributed by atoms with E-state index >= 15 is 0 Å². The molecule has 0 amide bonds. The predicted molar refractivity (Wildman–Crippen MR) is 100 cm³/mol. The van der Waals surface area contributed by atoms with E-state index in [0.717, 1.165) is 17.5 Å². The van der Waals surface area contributed by atoms with Crippen LogP contribution < -0.4 is 9.46 Å². The van der Waals surface area contributed by atoms with Crippen molar-refractivity contribution in [2.45, 2.75) is 78.2 Å². The second kappa shape index (κ2) is 7.04. The van der Waals surface area contributed by atoms with E-state index in [1.54, 1.807) is 12.1 Å². The molecule has 24 heavy (non-hydrogen) atoms. The molecule has 0 bridgehead atoms. The Morgan fingerprint density at radius 1 is 1.12 bits per heavy atom. The summed E-state index contributed by atoms with van der Waals surface area (Å²) in [5.41, 5.74) is 1.52. The van der Waals surface area contributed by atoms with Crippen molar-refractivity contribution in [3.8, 4) is 5.75 Å². The fourth-order valence-corrected chi connectivity index (χ4v) is 5.05. The molecular formula is C19H33NO3S. The van der Waals surface area contributed by atoms with E-state index < -0.39 is 15.6 Å². The molecule has 0 aliphatic rings. The molecule has 5 heteroatoms. The molecule has 0 aliphatic heterocycles. The van der Waals surface area contributed by atoms with Gasteiger partial charge in [-0.1, -0.05) is 34.6 Å². The third kappa shape index (κ3) is 5.49.